The van der Waals surface area contributed by atoms with Gasteiger partial charge in [-0.05, 0) is 31.4 Å². The number of halogens is 1. The second-order valence-corrected chi connectivity index (χ2v) is 4.81. The quantitative estimate of drug-likeness (QED) is 0.820. The summed E-state index contributed by atoms with van der Waals surface area (Å²) < 4.78 is 0. The van der Waals surface area contributed by atoms with Gasteiger partial charge in [0, 0.05) is 12.2 Å². The Morgan fingerprint density at radius 1 is 1.62 bits per heavy atom. The van der Waals surface area contributed by atoms with Gasteiger partial charge in [-0.15, -0.1) is 0 Å². The molecule has 0 saturated heterocycles. The SMILES string of the molecule is CC(CC1CC1)NC(=O)c1ccc(Cl)nc1. The van der Waals surface area contributed by atoms with Crippen molar-refractivity contribution in [3.05, 3.63) is 29.0 Å². The van der Waals surface area contributed by atoms with E-state index in [1.54, 1.807) is 12.1 Å². The van der Waals surface area contributed by atoms with E-state index in [1.807, 2.05) is 6.92 Å². The fraction of sp³-hybridized carbons (Fsp3) is 0.500. The average molecular weight is 239 g/mol. The normalized spacial score (nSPS) is 16.9. The molecule has 0 aliphatic heterocycles. The minimum Gasteiger partial charge on any atom is -0.350 e. The van der Waals surface area contributed by atoms with E-state index < -0.39 is 0 Å². The first-order chi connectivity index (χ1) is 7.65. The van der Waals surface area contributed by atoms with Crippen LogP contribution in [0.1, 0.15) is 36.5 Å². The Kier molecular flexibility index (Phi) is 3.44. The van der Waals surface area contributed by atoms with Crippen molar-refractivity contribution in [2.45, 2.75) is 32.2 Å². The largest absolute Gasteiger partial charge is 0.350 e. The lowest BCUT2D eigenvalue weighted by Crippen LogP contribution is -2.32. The monoisotopic (exact) mass is 238 g/mol. The van der Waals surface area contributed by atoms with Crippen LogP contribution < -0.4 is 5.32 Å². The summed E-state index contributed by atoms with van der Waals surface area (Å²) in [6.45, 7) is 2.04. The second-order valence-electron chi connectivity index (χ2n) is 4.42. The number of aromatic nitrogens is 1. The molecule has 0 bridgehead atoms. The summed E-state index contributed by atoms with van der Waals surface area (Å²) in [5.74, 6) is 0.746. The summed E-state index contributed by atoms with van der Waals surface area (Å²) in [6, 6.07) is 3.55. The van der Waals surface area contributed by atoms with Crippen molar-refractivity contribution in [2.75, 3.05) is 0 Å². The molecule has 1 saturated carbocycles. The van der Waals surface area contributed by atoms with Crippen LogP contribution in [0.2, 0.25) is 5.15 Å². The molecule has 86 valence electrons. The van der Waals surface area contributed by atoms with Gasteiger partial charge in [-0.25, -0.2) is 4.98 Å². The molecular formula is C12H15ClN2O. The van der Waals surface area contributed by atoms with E-state index in [0.29, 0.717) is 10.7 Å². The highest BCUT2D eigenvalue weighted by molar-refractivity contribution is 6.29. The van der Waals surface area contributed by atoms with Crippen molar-refractivity contribution in [1.82, 2.24) is 10.3 Å². The Morgan fingerprint density at radius 3 is 2.94 bits per heavy atom. The molecule has 1 amide bonds. The van der Waals surface area contributed by atoms with Gasteiger partial charge in [0.25, 0.3) is 5.91 Å². The smallest absolute Gasteiger partial charge is 0.253 e. The molecule has 2 rings (SSSR count). The van der Waals surface area contributed by atoms with E-state index in [-0.39, 0.29) is 11.9 Å². The summed E-state index contributed by atoms with van der Waals surface area (Å²) in [5.41, 5.74) is 0.562. The summed E-state index contributed by atoms with van der Waals surface area (Å²) in [7, 11) is 0. The van der Waals surface area contributed by atoms with E-state index >= 15 is 0 Å². The lowest BCUT2D eigenvalue weighted by Gasteiger charge is -2.12. The molecule has 1 N–H and O–H groups in total. The molecule has 4 heteroatoms. The number of rotatable bonds is 4. The molecular weight excluding hydrogens is 224 g/mol. The Hall–Kier alpha value is -1.09. The predicted octanol–water partition coefficient (Wildman–Crippen LogP) is 2.65. The Morgan fingerprint density at radius 2 is 2.38 bits per heavy atom. The van der Waals surface area contributed by atoms with Gasteiger partial charge in [-0.1, -0.05) is 24.4 Å². The van der Waals surface area contributed by atoms with Gasteiger partial charge in [0.15, 0.2) is 0 Å². The molecule has 0 spiro atoms. The van der Waals surface area contributed by atoms with E-state index in [0.717, 1.165) is 12.3 Å². The van der Waals surface area contributed by atoms with Crippen LogP contribution in [0.5, 0.6) is 0 Å². The van der Waals surface area contributed by atoms with Crippen LogP contribution in [-0.2, 0) is 0 Å². The van der Waals surface area contributed by atoms with Crippen molar-refractivity contribution in [1.29, 1.82) is 0 Å². The number of nitrogens with one attached hydrogen (secondary N) is 1. The fourth-order valence-corrected chi connectivity index (χ4v) is 1.84. The first-order valence-corrected chi connectivity index (χ1v) is 5.95. The van der Waals surface area contributed by atoms with Gasteiger partial charge in [0.2, 0.25) is 0 Å². The molecule has 0 radical (unpaired) electrons. The maximum absolute atomic E-state index is 11.8. The third kappa shape index (κ3) is 3.20. The van der Waals surface area contributed by atoms with Gasteiger partial charge >= 0.3 is 0 Å². The Labute approximate surface area is 100 Å². The van der Waals surface area contributed by atoms with Gasteiger partial charge in [0.1, 0.15) is 5.15 Å². The van der Waals surface area contributed by atoms with Crippen molar-refractivity contribution in [3.8, 4) is 0 Å². The summed E-state index contributed by atoms with van der Waals surface area (Å²) in [5, 5.41) is 3.37. The summed E-state index contributed by atoms with van der Waals surface area (Å²) in [4.78, 5) is 15.7. The fourth-order valence-electron chi connectivity index (χ4n) is 1.73. The minimum absolute atomic E-state index is 0.0719. The van der Waals surface area contributed by atoms with E-state index in [2.05, 4.69) is 10.3 Å². The third-order valence-corrected chi connectivity index (χ3v) is 2.97. The topological polar surface area (TPSA) is 42.0 Å². The molecule has 1 aromatic rings. The lowest BCUT2D eigenvalue weighted by atomic mass is 10.1. The predicted molar refractivity (Wildman–Crippen MR) is 63.5 cm³/mol. The number of carbonyl (C=O) groups excluding carboxylic acids is 1. The van der Waals surface area contributed by atoms with Gasteiger partial charge < -0.3 is 5.32 Å². The summed E-state index contributed by atoms with van der Waals surface area (Å²) in [6.07, 6.45) is 5.19. The molecule has 1 unspecified atom stereocenters. The Bertz CT molecular complexity index is 373. The summed E-state index contributed by atoms with van der Waals surface area (Å²) >= 11 is 5.66. The highest BCUT2D eigenvalue weighted by Crippen LogP contribution is 2.33. The highest BCUT2D eigenvalue weighted by atomic mass is 35.5. The van der Waals surface area contributed by atoms with E-state index in [9.17, 15) is 4.79 Å². The zero-order valence-corrected chi connectivity index (χ0v) is 10.00. The van der Waals surface area contributed by atoms with Crippen LogP contribution in [0.25, 0.3) is 0 Å². The van der Waals surface area contributed by atoms with Crippen LogP contribution in [-0.4, -0.2) is 16.9 Å². The number of nitrogens with zero attached hydrogens (tertiary/aromatic N) is 1. The molecule has 1 fully saturated rings. The Balaban J connectivity index is 1.88. The van der Waals surface area contributed by atoms with Crippen molar-refractivity contribution in [3.63, 3.8) is 0 Å². The van der Waals surface area contributed by atoms with Crippen LogP contribution in [0.4, 0.5) is 0 Å². The zero-order valence-electron chi connectivity index (χ0n) is 9.24. The molecule has 1 heterocycles. The van der Waals surface area contributed by atoms with E-state index in [1.165, 1.54) is 19.0 Å². The van der Waals surface area contributed by atoms with Crippen molar-refractivity contribution < 1.29 is 4.79 Å². The van der Waals surface area contributed by atoms with Gasteiger partial charge in [0.05, 0.1) is 5.56 Å². The molecule has 1 aliphatic carbocycles. The molecule has 1 aromatic heterocycles. The first-order valence-electron chi connectivity index (χ1n) is 5.57. The van der Waals surface area contributed by atoms with Crippen molar-refractivity contribution >= 4 is 17.5 Å². The van der Waals surface area contributed by atoms with Crippen LogP contribution >= 0.6 is 11.6 Å². The highest BCUT2D eigenvalue weighted by Gasteiger charge is 2.24. The van der Waals surface area contributed by atoms with Crippen LogP contribution in [0.3, 0.4) is 0 Å². The minimum atomic E-state index is -0.0719. The molecule has 1 aliphatic rings. The number of carbonyl (C=O) groups is 1. The van der Waals surface area contributed by atoms with Gasteiger partial charge in [-0.3, -0.25) is 4.79 Å². The molecule has 3 nitrogen and oxygen atoms in total. The zero-order chi connectivity index (χ0) is 11.5. The number of pyridine rings is 1. The lowest BCUT2D eigenvalue weighted by molar-refractivity contribution is 0.0937. The van der Waals surface area contributed by atoms with Crippen LogP contribution in [0, 0.1) is 5.92 Å². The van der Waals surface area contributed by atoms with Crippen molar-refractivity contribution in [2.24, 2.45) is 5.92 Å². The number of hydrogen-bond acceptors (Lipinski definition) is 2. The first kappa shape index (κ1) is 11.4. The van der Waals surface area contributed by atoms with Crippen LogP contribution in [0.15, 0.2) is 18.3 Å². The maximum atomic E-state index is 11.8. The van der Waals surface area contributed by atoms with E-state index in [4.69, 9.17) is 11.6 Å². The van der Waals surface area contributed by atoms with Gasteiger partial charge in [-0.2, -0.15) is 0 Å². The number of hydrogen-bond donors (Lipinski definition) is 1. The number of amides is 1. The molecule has 16 heavy (non-hydrogen) atoms. The third-order valence-electron chi connectivity index (χ3n) is 2.75. The molecule has 1 atom stereocenters. The standard InChI is InChI=1S/C12H15ClN2O/c1-8(6-9-2-3-9)15-12(16)10-4-5-11(13)14-7-10/h4-5,7-9H,2-3,6H2,1H3,(H,15,16). The molecule has 0 aromatic carbocycles. The average Bonchev–Trinajstić information content (AvgIpc) is 3.02. The second kappa shape index (κ2) is 4.83. The maximum Gasteiger partial charge on any atom is 0.253 e.